The van der Waals surface area contributed by atoms with Gasteiger partial charge in [0.25, 0.3) is 0 Å². The Morgan fingerprint density at radius 2 is 1.71 bits per heavy atom. The maximum absolute atomic E-state index is 4.67. The van der Waals surface area contributed by atoms with E-state index in [1.54, 1.807) is 6.33 Å². The summed E-state index contributed by atoms with van der Waals surface area (Å²) in [7, 11) is 0. The molecule has 3 aromatic heterocycles. The molecule has 3 heterocycles. The molecule has 0 aliphatic heterocycles. The Balaban J connectivity index is 1.53. The molecule has 6 heteroatoms. The Kier molecular flexibility index (Phi) is 3.90. The predicted octanol–water partition coefficient (Wildman–Crippen LogP) is 3.87. The summed E-state index contributed by atoms with van der Waals surface area (Å²) in [6.45, 7) is 4.21. The quantitative estimate of drug-likeness (QED) is 0.483. The van der Waals surface area contributed by atoms with Gasteiger partial charge in [0, 0.05) is 6.42 Å². The Labute approximate surface area is 162 Å². The summed E-state index contributed by atoms with van der Waals surface area (Å²) in [5.41, 5.74) is 6.36. The average molecular weight is 368 g/mol. The minimum absolute atomic E-state index is 0.790. The summed E-state index contributed by atoms with van der Waals surface area (Å²) < 4.78 is 3.83. The third-order valence-corrected chi connectivity index (χ3v) is 5.26. The van der Waals surface area contributed by atoms with E-state index < -0.39 is 0 Å². The zero-order valence-electron chi connectivity index (χ0n) is 15.9. The second-order valence-electron chi connectivity index (χ2n) is 7.10. The zero-order valence-corrected chi connectivity index (χ0v) is 15.9. The monoisotopic (exact) mass is 368 g/mol. The third-order valence-electron chi connectivity index (χ3n) is 5.26. The molecule has 138 valence electrons. The summed E-state index contributed by atoms with van der Waals surface area (Å²) in [5, 5.41) is 14.3. The Morgan fingerprint density at radius 3 is 2.54 bits per heavy atom. The van der Waals surface area contributed by atoms with Crippen molar-refractivity contribution in [3.63, 3.8) is 0 Å². The number of benzene rings is 2. The number of hydrogen-bond acceptors (Lipinski definition) is 4. The molecule has 0 amide bonds. The lowest BCUT2D eigenvalue weighted by Crippen LogP contribution is -2.01. The first-order valence-electron chi connectivity index (χ1n) is 9.38. The molecule has 0 aliphatic rings. The number of rotatable bonds is 4. The summed E-state index contributed by atoms with van der Waals surface area (Å²) in [6.07, 6.45) is 5.35. The van der Waals surface area contributed by atoms with Crippen molar-refractivity contribution in [2.75, 3.05) is 0 Å². The van der Waals surface area contributed by atoms with E-state index in [0.29, 0.717) is 0 Å². The lowest BCUT2D eigenvalue weighted by Gasteiger charge is -2.06. The molecule has 28 heavy (non-hydrogen) atoms. The van der Waals surface area contributed by atoms with Crippen LogP contribution in [0.4, 0.5) is 0 Å². The molecule has 0 saturated heterocycles. The molecule has 0 atom stereocenters. The highest BCUT2D eigenvalue weighted by Crippen LogP contribution is 2.22. The Hall–Kier alpha value is -3.54. The molecule has 0 saturated carbocycles. The van der Waals surface area contributed by atoms with Gasteiger partial charge in [0.1, 0.15) is 12.2 Å². The highest BCUT2D eigenvalue weighted by molar-refractivity contribution is 5.89. The molecule has 6 nitrogen and oxygen atoms in total. The number of hydrogen-bond donors (Lipinski definition) is 0. The van der Waals surface area contributed by atoms with Crippen LogP contribution in [-0.4, -0.2) is 29.4 Å². The first kappa shape index (κ1) is 16.6. The first-order valence-corrected chi connectivity index (χ1v) is 9.38. The van der Waals surface area contributed by atoms with Crippen molar-refractivity contribution >= 4 is 16.7 Å². The SMILES string of the molecule is Cc1ccc(-n2ncc3c2ncn2c(CCc4ccccc4)nnc32)cc1C. The minimum Gasteiger partial charge on any atom is -0.269 e. The van der Waals surface area contributed by atoms with Crippen molar-refractivity contribution in [3.8, 4) is 5.69 Å². The highest BCUT2D eigenvalue weighted by Gasteiger charge is 2.14. The molecule has 5 rings (SSSR count). The van der Waals surface area contributed by atoms with Crippen LogP contribution in [0, 0.1) is 13.8 Å². The summed E-state index contributed by atoms with van der Waals surface area (Å²) >= 11 is 0. The van der Waals surface area contributed by atoms with Gasteiger partial charge in [0.15, 0.2) is 11.3 Å². The van der Waals surface area contributed by atoms with Gasteiger partial charge in [-0.3, -0.25) is 4.40 Å². The van der Waals surface area contributed by atoms with E-state index in [9.17, 15) is 0 Å². The average Bonchev–Trinajstić information content (AvgIpc) is 3.33. The van der Waals surface area contributed by atoms with Crippen LogP contribution in [0.1, 0.15) is 22.5 Å². The standard InChI is InChI=1S/C22H20N6/c1-15-8-10-18(12-16(15)2)28-21-19(13-24-28)22-26-25-20(27(22)14-23-21)11-9-17-6-4-3-5-7-17/h3-8,10,12-14H,9,11H2,1-2H3. The van der Waals surface area contributed by atoms with Gasteiger partial charge in [-0.25, -0.2) is 9.67 Å². The molecule has 0 radical (unpaired) electrons. The normalized spacial score (nSPS) is 11.5. The van der Waals surface area contributed by atoms with E-state index in [4.69, 9.17) is 0 Å². The lowest BCUT2D eigenvalue weighted by molar-refractivity contribution is 0.830. The number of nitrogens with zero attached hydrogens (tertiary/aromatic N) is 6. The van der Waals surface area contributed by atoms with Gasteiger partial charge < -0.3 is 0 Å². The van der Waals surface area contributed by atoms with E-state index in [2.05, 4.69) is 76.6 Å². The first-order chi connectivity index (χ1) is 13.7. The van der Waals surface area contributed by atoms with Gasteiger partial charge in [0.05, 0.1) is 17.3 Å². The van der Waals surface area contributed by atoms with Crippen molar-refractivity contribution in [2.45, 2.75) is 26.7 Å². The third kappa shape index (κ3) is 2.74. The topological polar surface area (TPSA) is 60.9 Å². The molecule has 2 aromatic carbocycles. The van der Waals surface area contributed by atoms with Crippen LogP contribution in [-0.2, 0) is 12.8 Å². The van der Waals surface area contributed by atoms with Crippen LogP contribution in [0.2, 0.25) is 0 Å². The second-order valence-corrected chi connectivity index (χ2v) is 7.10. The van der Waals surface area contributed by atoms with Gasteiger partial charge in [0.2, 0.25) is 0 Å². The predicted molar refractivity (Wildman–Crippen MR) is 109 cm³/mol. The maximum atomic E-state index is 4.67. The largest absolute Gasteiger partial charge is 0.269 e. The van der Waals surface area contributed by atoms with Gasteiger partial charge in [-0.1, -0.05) is 36.4 Å². The summed E-state index contributed by atoms with van der Waals surface area (Å²) in [4.78, 5) is 4.67. The van der Waals surface area contributed by atoms with Crippen molar-refractivity contribution in [1.29, 1.82) is 0 Å². The van der Waals surface area contributed by atoms with E-state index in [1.807, 2.05) is 21.3 Å². The van der Waals surface area contributed by atoms with Crippen LogP contribution < -0.4 is 0 Å². The molecule has 0 aliphatic carbocycles. The van der Waals surface area contributed by atoms with E-state index in [0.717, 1.165) is 41.0 Å². The molecule has 0 unspecified atom stereocenters. The van der Waals surface area contributed by atoms with E-state index in [1.165, 1.54) is 16.7 Å². The molecule has 0 fully saturated rings. The Bertz CT molecular complexity index is 1280. The van der Waals surface area contributed by atoms with Crippen molar-refractivity contribution in [2.24, 2.45) is 0 Å². The van der Waals surface area contributed by atoms with Gasteiger partial charge in [-0.2, -0.15) is 5.10 Å². The smallest absolute Gasteiger partial charge is 0.174 e. The summed E-state index contributed by atoms with van der Waals surface area (Å²) in [6, 6.07) is 16.7. The second kappa shape index (κ2) is 6.56. The van der Waals surface area contributed by atoms with Gasteiger partial charge in [-0.15, -0.1) is 10.2 Å². The molecule has 0 bridgehead atoms. The molecule has 0 N–H and O–H groups in total. The van der Waals surface area contributed by atoms with Crippen LogP contribution in [0.5, 0.6) is 0 Å². The van der Waals surface area contributed by atoms with E-state index in [-0.39, 0.29) is 0 Å². The number of fused-ring (bicyclic) bond motifs is 3. The van der Waals surface area contributed by atoms with Crippen molar-refractivity contribution in [3.05, 3.63) is 83.6 Å². The zero-order chi connectivity index (χ0) is 19.1. The highest BCUT2D eigenvalue weighted by atomic mass is 15.3. The van der Waals surface area contributed by atoms with Crippen molar-refractivity contribution in [1.82, 2.24) is 29.4 Å². The van der Waals surface area contributed by atoms with E-state index >= 15 is 0 Å². The lowest BCUT2D eigenvalue weighted by atomic mass is 10.1. The maximum Gasteiger partial charge on any atom is 0.174 e. The fourth-order valence-electron chi connectivity index (χ4n) is 3.48. The fourth-order valence-corrected chi connectivity index (χ4v) is 3.48. The van der Waals surface area contributed by atoms with Gasteiger partial charge in [-0.05, 0) is 49.1 Å². The Morgan fingerprint density at radius 1 is 0.857 bits per heavy atom. The van der Waals surface area contributed by atoms with Crippen LogP contribution in [0.15, 0.2) is 61.1 Å². The van der Waals surface area contributed by atoms with Crippen LogP contribution >= 0.6 is 0 Å². The van der Waals surface area contributed by atoms with Crippen molar-refractivity contribution < 1.29 is 0 Å². The molecular formula is C22H20N6. The van der Waals surface area contributed by atoms with Crippen LogP contribution in [0.25, 0.3) is 22.4 Å². The number of aromatic nitrogens is 6. The van der Waals surface area contributed by atoms with Crippen LogP contribution in [0.3, 0.4) is 0 Å². The molecule has 0 spiro atoms. The number of aryl methyl sites for hydroxylation is 4. The minimum atomic E-state index is 0.790. The van der Waals surface area contributed by atoms with Gasteiger partial charge >= 0.3 is 0 Å². The summed E-state index contributed by atoms with van der Waals surface area (Å²) in [5.74, 6) is 0.909. The molecular weight excluding hydrogens is 348 g/mol. The fraction of sp³-hybridized carbons (Fsp3) is 0.182. The molecule has 5 aromatic rings.